The Hall–Kier alpha value is -2.39. The molecular formula is C17H17N3O4S2. The van der Waals surface area contributed by atoms with Gasteiger partial charge in [0.25, 0.3) is 15.7 Å². The Labute approximate surface area is 155 Å². The Morgan fingerprint density at radius 1 is 1.15 bits per heavy atom. The van der Waals surface area contributed by atoms with Crippen molar-refractivity contribution in [3.05, 3.63) is 69.8 Å². The first-order valence-corrected chi connectivity index (χ1v) is 10.3. The highest BCUT2D eigenvalue weighted by molar-refractivity contribution is 8.14. The molecule has 0 bridgehead atoms. The molecule has 1 aliphatic heterocycles. The van der Waals surface area contributed by atoms with Crippen molar-refractivity contribution in [2.45, 2.75) is 17.6 Å². The number of non-ortho nitro benzene ring substituents is 1. The SMILES string of the molecule is Cc1ccc(S(=O)(=O)N2CCN=C2SCc2ccc([N+](=O)[O-])cc2)cc1. The Morgan fingerprint density at radius 2 is 1.81 bits per heavy atom. The predicted molar refractivity (Wildman–Crippen MR) is 102 cm³/mol. The number of rotatable bonds is 5. The van der Waals surface area contributed by atoms with Crippen LogP contribution in [-0.2, 0) is 15.8 Å². The Kier molecular flexibility index (Phi) is 5.28. The summed E-state index contributed by atoms with van der Waals surface area (Å²) in [6, 6.07) is 12.9. The van der Waals surface area contributed by atoms with Crippen molar-refractivity contribution in [1.29, 1.82) is 0 Å². The number of hydrogen-bond donors (Lipinski definition) is 0. The van der Waals surface area contributed by atoms with E-state index in [0.29, 0.717) is 24.0 Å². The van der Waals surface area contributed by atoms with Crippen LogP contribution in [0.2, 0.25) is 0 Å². The summed E-state index contributed by atoms with van der Waals surface area (Å²) in [4.78, 5) is 14.8. The van der Waals surface area contributed by atoms with E-state index in [4.69, 9.17) is 0 Å². The number of nitrogens with zero attached hydrogens (tertiary/aromatic N) is 3. The molecule has 136 valence electrons. The first-order valence-electron chi connectivity index (χ1n) is 7.88. The van der Waals surface area contributed by atoms with Crippen molar-refractivity contribution in [3.8, 4) is 0 Å². The molecule has 0 amide bonds. The quantitative estimate of drug-likeness (QED) is 0.576. The number of nitro groups is 1. The van der Waals surface area contributed by atoms with Gasteiger partial charge in [-0.1, -0.05) is 41.6 Å². The summed E-state index contributed by atoms with van der Waals surface area (Å²) in [6.45, 7) is 2.64. The third-order valence-electron chi connectivity index (χ3n) is 3.89. The number of benzene rings is 2. The zero-order chi connectivity index (χ0) is 18.7. The number of sulfonamides is 1. The van der Waals surface area contributed by atoms with Crippen LogP contribution in [0.1, 0.15) is 11.1 Å². The van der Waals surface area contributed by atoms with E-state index < -0.39 is 14.9 Å². The van der Waals surface area contributed by atoms with Crippen LogP contribution in [0.5, 0.6) is 0 Å². The minimum atomic E-state index is -3.63. The maximum atomic E-state index is 12.8. The lowest BCUT2D eigenvalue weighted by molar-refractivity contribution is -0.384. The molecule has 0 radical (unpaired) electrons. The van der Waals surface area contributed by atoms with Gasteiger partial charge >= 0.3 is 0 Å². The van der Waals surface area contributed by atoms with Crippen molar-refractivity contribution in [1.82, 2.24) is 4.31 Å². The van der Waals surface area contributed by atoms with E-state index in [1.54, 1.807) is 36.4 Å². The van der Waals surface area contributed by atoms with Crippen LogP contribution in [-0.4, -0.2) is 35.9 Å². The fraction of sp³-hybridized carbons (Fsp3) is 0.235. The van der Waals surface area contributed by atoms with Crippen LogP contribution in [0, 0.1) is 17.0 Å². The van der Waals surface area contributed by atoms with E-state index in [-0.39, 0.29) is 10.6 Å². The van der Waals surface area contributed by atoms with Gasteiger partial charge in [0.15, 0.2) is 5.17 Å². The van der Waals surface area contributed by atoms with Crippen molar-refractivity contribution in [2.75, 3.05) is 13.1 Å². The molecule has 1 heterocycles. The molecule has 0 atom stereocenters. The summed E-state index contributed by atoms with van der Waals surface area (Å²) in [7, 11) is -3.63. The van der Waals surface area contributed by atoms with Crippen molar-refractivity contribution < 1.29 is 13.3 Å². The molecule has 0 spiro atoms. The molecule has 0 unspecified atom stereocenters. The molecule has 0 N–H and O–H groups in total. The maximum absolute atomic E-state index is 12.8. The largest absolute Gasteiger partial charge is 0.269 e. The first-order chi connectivity index (χ1) is 12.4. The van der Waals surface area contributed by atoms with E-state index in [1.165, 1.54) is 28.2 Å². The van der Waals surface area contributed by atoms with Crippen LogP contribution < -0.4 is 0 Å². The highest BCUT2D eigenvalue weighted by Crippen LogP contribution is 2.26. The topological polar surface area (TPSA) is 92.9 Å². The number of hydrogen-bond acceptors (Lipinski definition) is 6. The van der Waals surface area contributed by atoms with Crippen LogP contribution in [0.3, 0.4) is 0 Å². The second-order valence-electron chi connectivity index (χ2n) is 5.77. The number of aliphatic imine (C=N–C) groups is 1. The number of thioether (sulfide) groups is 1. The van der Waals surface area contributed by atoms with Crippen LogP contribution in [0.25, 0.3) is 0 Å². The molecule has 0 aliphatic carbocycles. The number of amidine groups is 1. The second kappa shape index (κ2) is 7.46. The third kappa shape index (κ3) is 3.88. The van der Waals surface area contributed by atoms with E-state index in [1.807, 2.05) is 6.92 Å². The summed E-state index contributed by atoms with van der Waals surface area (Å²) in [6.07, 6.45) is 0. The van der Waals surface area contributed by atoms with Gasteiger partial charge in [0, 0.05) is 17.9 Å². The second-order valence-corrected chi connectivity index (χ2v) is 8.57. The van der Waals surface area contributed by atoms with Crippen LogP contribution in [0.15, 0.2) is 58.4 Å². The number of aryl methyl sites for hydroxylation is 1. The molecule has 0 saturated carbocycles. The average Bonchev–Trinajstić information content (AvgIpc) is 3.10. The fourth-order valence-electron chi connectivity index (χ4n) is 2.45. The minimum absolute atomic E-state index is 0.0283. The fourth-order valence-corrected chi connectivity index (χ4v) is 5.13. The molecule has 2 aromatic carbocycles. The average molecular weight is 391 g/mol. The maximum Gasteiger partial charge on any atom is 0.269 e. The lowest BCUT2D eigenvalue weighted by atomic mass is 10.2. The van der Waals surface area contributed by atoms with E-state index in [9.17, 15) is 18.5 Å². The molecule has 0 fully saturated rings. The van der Waals surface area contributed by atoms with Crippen molar-refractivity contribution in [2.24, 2.45) is 4.99 Å². The smallest absolute Gasteiger partial charge is 0.260 e. The molecule has 9 heteroatoms. The summed E-state index contributed by atoms with van der Waals surface area (Å²) < 4.78 is 27.0. The molecule has 7 nitrogen and oxygen atoms in total. The Balaban J connectivity index is 1.72. The van der Waals surface area contributed by atoms with E-state index in [0.717, 1.165) is 11.1 Å². The Morgan fingerprint density at radius 3 is 2.42 bits per heavy atom. The van der Waals surface area contributed by atoms with Gasteiger partial charge in [0.1, 0.15) is 0 Å². The lowest BCUT2D eigenvalue weighted by Crippen LogP contribution is -2.32. The standard InChI is InChI=1S/C17H17N3O4S2/c1-13-2-8-16(9-3-13)26(23,24)19-11-10-18-17(19)25-12-14-4-6-15(7-5-14)20(21)22/h2-9H,10-12H2,1H3. The zero-order valence-electron chi connectivity index (χ0n) is 14.0. The lowest BCUT2D eigenvalue weighted by Gasteiger charge is -2.20. The molecule has 0 saturated heterocycles. The van der Waals surface area contributed by atoms with Gasteiger partial charge < -0.3 is 0 Å². The first kappa shape index (κ1) is 18.4. The van der Waals surface area contributed by atoms with Gasteiger partial charge in [0.2, 0.25) is 0 Å². The van der Waals surface area contributed by atoms with Gasteiger partial charge in [-0.25, -0.2) is 12.7 Å². The highest BCUT2D eigenvalue weighted by Gasteiger charge is 2.30. The van der Waals surface area contributed by atoms with Gasteiger partial charge in [0.05, 0.1) is 22.9 Å². The Bertz CT molecular complexity index is 939. The summed E-state index contributed by atoms with van der Waals surface area (Å²) in [5, 5.41) is 11.1. The van der Waals surface area contributed by atoms with Gasteiger partial charge in [-0.15, -0.1) is 0 Å². The van der Waals surface area contributed by atoms with Crippen LogP contribution in [0.4, 0.5) is 5.69 Å². The van der Waals surface area contributed by atoms with Gasteiger partial charge in [-0.2, -0.15) is 0 Å². The van der Waals surface area contributed by atoms with E-state index in [2.05, 4.69) is 4.99 Å². The number of nitro benzene ring substituents is 1. The molecule has 1 aliphatic rings. The summed E-state index contributed by atoms with van der Waals surface area (Å²) in [5.74, 6) is 0.483. The van der Waals surface area contributed by atoms with Crippen molar-refractivity contribution in [3.63, 3.8) is 0 Å². The molecule has 0 aromatic heterocycles. The van der Waals surface area contributed by atoms with Crippen LogP contribution >= 0.6 is 11.8 Å². The highest BCUT2D eigenvalue weighted by atomic mass is 32.2. The predicted octanol–water partition coefficient (Wildman–Crippen LogP) is 3.20. The third-order valence-corrected chi connectivity index (χ3v) is 6.89. The molecule has 2 aromatic rings. The van der Waals surface area contributed by atoms with Gasteiger partial charge in [-0.05, 0) is 24.6 Å². The van der Waals surface area contributed by atoms with Crippen molar-refractivity contribution >= 4 is 32.6 Å². The monoisotopic (exact) mass is 391 g/mol. The molecule has 26 heavy (non-hydrogen) atoms. The minimum Gasteiger partial charge on any atom is -0.260 e. The summed E-state index contributed by atoms with van der Waals surface area (Å²) in [5.41, 5.74) is 1.88. The van der Waals surface area contributed by atoms with E-state index >= 15 is 0 Å². The zero-order valence-corrected chi connectivity index (χ0v) is 15.7. The van der Waals surface area contributed by atoms with Gasteiger partial charge in [-0.3, -0.25) is 15.1 Å². The summed E-state index contributed by atoms with van der Waals surface area (Å²) >= 11 is 1.31. The normalized spacial score (nSPS) is 14.3. The molecule has 3 rings (SSSR count). The molecular weight excluding hydrogens is 374 g/mol.